The molecule has 0 amide bonds. The highest BCUT2D eigenvalue weighted by Gasteiger charge is 2.26. The molecule has 0 aromatic heterocycles. The van der Waals surface area contributed by atoms with Gasteiger partial charge in [-0.1, -0.05) is 16.5 Å². The van der Waals surface area contributed by atoms with Crippen LogP contribution in [0.3, 0.4) is 0 Å². The molecule has 1 rings (SSSR count). The van der Waals surface area contributed by atoms with Gasteiger partial charge < -0.3 is 9.66 Å². The van der Waals surface area contributed by atoms with Crippen molar-refractivity contribution in [1.29, 1.82) is 0 Å². The van der Waals surface area contributed by atoms with E-state index in [4.69, 9.17) is 5.11 Å². The number of aryl methyl sites for hydroxylation is 1. The zero-order chi connectivity index (χ0) is 15.3. The largest absolute Gasteiger partial charge is 0.591 e. The molecule has 0 aliphatic carbocycles. The Hall–Kier alpha value is -1.40. The highest BCUT2D eigenvalue weighted by Crippen LogP contribution is 2.19. The predicted molar refractivity (Wildman–Crippen MR) is 77.8 cm³/mol. The Labute approximate surface area is 121 Å². The van der Waals surface area contributed by atoms with Crippen molar-refractivity contribution >= 4 is 23.5 Å². The van der Waals surface area contributed by atoms with Gasteiger partial charge in [-0.25, -0.2) is 4.39 Å². The van der Waals surface area contributed by atoms with Crippen molar-refractivity contribution in [1.82, 2.24) is 0 Å². The molecule has 1 N–H and O–H groups in total. The second-order valence-electron chi connectivity index (χ2n) is 5.30. The summed E-state index contributed by atoms with van der Waals surface area (Å²) in [6, 6.07) is 4.43. The lowest BCUT2D eigenvalue weighted by Crippen LogP contribution is -2.26. The van der Waals surface area contributed by atoms with Crippen molar-refractivity contribution < 1.29 is 18.8 Å². The Morgan fingerprint density at radius 1 is 1.50 bits per heavy atom. The zero-order valence-corrected chi connectivity index (χ0v) is 12.5. The Kier molecular flexibility index (Phi) is 5.71. The van der Waals surface area contributed by atoms with E-state index in [2.05, 4.69) is 4.40 Å². The highest BCUT2D eigenvalue weighted by molar-refractivity contribution is 7.91. The Morgan fingerprint density at radius 3 is 2.70 bits per heavy atom. The lowest BCUT2D eigenvalue weighted by molar-refractivity contribution is -0.136. The average molecular weight is 299 g/mol. The van der Waals surface area contributed by atoms with E-state index in [9.17, 15) is 13.7 Å². The minimum atomic E-state index is -1.48. The normalized spacial score (nSPS) is 13.7. The standard InChI is InChI=1S/C14H18FNO3S/c1-14(2,3)20(19)16-9-11-10(7-8-13(17)18)5-4-6-12(11)15/h4-6,9H,7-8H2,1-3H3,(H,17,18)/t20-/m0/s1. The number of hydrogen-bond acceptors (Lipinski definition) is 3. The van der Waals surface area contributed by atoms with Crippen LogP contribution in [0.5, 0.6) is 0 Å². The first kappa shape index (κ1) is 16.7. The van der Waals surface area contributed by atoms with Crippen LogP contribution in [0.15, 0.2) is 22.6 Å². The van der Waals surface area contributed by atoms with Crippen LogP contribution in [0.25, 0.3) is 0 Å². The third-order valence-electron chi connectivity index (χ3n) is 2.55. The second-order valence-corrected chi connectivity index (χ2v) is 7.24. The highest BCUT2D eigenvalue weighted by atomic mass is 32.2. The summed E-state index contributed by atoms with van der Waals surface area (Å²) in [6.45, 7) is 5.31. The molecule has 0 saturated heterocycles. The zero-order valence-electron chi connectivity index (χ0n) is 11.7. The molecule has 110 valence electrons. The van der Waals surface area contributed by atoms with Gasteiger partial charge in [0.25, 0.3) is 0 Å². The molecule has 20 heavy (non-hydrogen) atoms. The van der Waals surface area contributed by atoms with Gasteiger partial charge in [0, 0.05) is 12.0 Å². The lowest BCUT2D eigenvalue weighted by atomic mass is 10.0. The molecule has 4 nitrogen and oxygen atoms in total. The van der Waals surface area contributed by atoms with Crippen LogP contribution in [0.4, 0.5) is 4.39 Å². The summed E-state index contributed by atoms with van der Waals surface area (Å²) < 4.78 is 29.0. The Balaban J connectivity index is 2.98. The van der Waals surface area contributed by atoms with Crippen LogP contribution in [-0.4, -0.2) is 26.6 Å². The van der Waals surface area contributed by atoms with Crippen molar-refractivity contribution in [2.24, 2.45) is 4.40 Å². The molecule has 1 aromatic rings. The molecule has 0 saturated carbocycles. The van der Waals surface area contributed by atoms with Gasteiger partial charge in [0.15, 0.2) is 0 Å². The van der Waals surface area contributed by atoms with Gasteiger partial charge in [-0.05, 0) is 38.8 Å². The van der Waals surface area contributed by atoms with Gasteiger partial charge in [0.2, 0.25) is 0 Å². The molecule has 0 radical (unpaired) electrons. The number of benzene rings is 1. The number of carboxylic acid groups (broad SMARTS) is 1. The maximum absolute atomic E-state index is 13.8. The van der Waals surface area contributed by atoms with Crippen molar-refractivity contribution in [3.8, 4) is 0 Å². The van der Waals surface area contributed by atoms with Gasteiger partial charge in [0.1, 0.15) is 21.9 Å². The fourth-order valence-corrected chi connectivity index (χ4v) is 1.96. The fourth-order valence-electron chi connectivity index (χ4n) is 1.44. The number of aliphatic carboxylic acids is 1. The molecule has 0 aliphatic rings. The number of carboxylic acids is 1. The molecule has 0 fully saturated rings. The van der Waals surface area contributed by atoms with E-state index in [0.29, 0.717) is 5.56 Å². The average Bonchev–Trinajstić information content (AvgIpc) is 2.33. The molecular formula is C14H18FNO3S. The van der Waals surface area contributed by atoms with E-state index < -0.39 is 27.9 Å². The summed E-state index contributed by atoms with van der Waals surface area (Å²) in [5, 5.41) is 8.68. The molecule has 0 bridgehead atoms. The summed E-state index contributed by atoms with van der Waals surface area (Å²) in [6.07, 6.45) is 1.34. The van der Waals surface area contributed by atoms with Crippen molar-refractivity contribution in [3.05, 3.63) is 35.1 Å². The van der Waals surface area contributed by atoms with E-state index in [-0.39, 0.29) is 18.4 Å². The summed E-state index contributed by atoms with van der Waals surface area (Å²) in [7, 11) is 0. The number of halogens is 1. The lowest BCUT2D eigenvalue weighted by Gasteiger charge is -2.17. The minimum Gasteiger partial charge on any atom is -0.591 e. The van der Waals surface area contributed by atoms with E-state index in [0.717, 1.165) is 0 Å². The molecule has 1 aromatic carbocycles. The van der Waals surface area contributed by atoms with Gasteiger partial charge in [-0.3, -0.25) is 4.79 Å². The SMILES string of the molecule is CC(C)(C)[S@+]([O-])N=Cc1c(F)cccc1CCC(=O)O. The summed E-state index contributed by atoms with van der Waals surface area (Å²) >= 11 is -1.48. The fraction of sp³-hybridized carbons (Fsp3) is 0.429. The third-order valence-corrected chi connectivity index (χ3v) is 3.90. The van der Waals surface area contributed by atoms with Gasteiger partial charge >= 0.3 is 5.97 Å². The molecule has 0 aliphatic heterocycles. The van der Waals surface area contributed by atoms with E-state index in [1.54, 1.807) is 26.8 Å². The number of hydrogen-bond donors (Lipinski definition) is 1. The van der Waals surface area contributed by atoms with Crippen LogP contribution < -0.4 is 0 Å². The number of nitrogens with zero attached hydrogens (tertiary/aromatic N) is 1. The second kappa shape index (κ2) is 6.85. The van der Waals surface area contributed by atoms with Crippen molar-refractivity contribution in [2.75, 3.05) is 0 Å². The van der Waals surface area contributed by atoms with E-state index in [1.807, 2.05) is 0 Å². The van der Waals surface area contributed by atoms with Crippen LogP contribution in [-0.2, 0) is 22.6 Å². The van der Waals surface area contributed by atoms with Crippen molar-refractivity contribution in [3.63, 3.8) is 0 Å². The quantitative estimate of drug-likeness (QED) is 0.671. The van der Waals surface area contributed by atoms with Crippen LogP contribution >= 0.6 is 0 Å². The predicted octanol–water partition coefficient (Wildman–Crippen LogP) is 2.72. The smallest absolute Gasteiger partial charge is 0.303 e. The summed E-state index contributed by atoms with van der Waals surface area (Å²) in [5.41, 5.74) is 0.744. The Bertz CT molecular complexity index is 512. The molecule has 1 atom stereocenters. The van der Waals surface area contributed by atoms with Crippen LogP contribution in [0, 0.1) is 5.82 Å². The summed E-state index contributed by atoms with van der Waals surface area (Å²) in [4.78, 5) is 10.6. The third kappa shape index (κ3) is 4.94. The first-order valence-corrected chi connectivity index (χ1v) is 7.27. The van der Waals surface area contributed by atoms with E-state index in [1.165, 1.54) is 18.3 Å². The minimum absolute atomic E-state index is 0.0906. The van der Waals surface area contributed by atoms with Gasteiger partial charge in [0.05, 0.1) is 6.21 Å². The van der Waals surface area contributed by atoms with Crippen LogP contribution in [0.2, 0.25) is 0 Å². The number of carbonyl (C=O) groups is 1. The number of rotatable bonds is 5. The molecule has 0 heterocycles. The maximum atomic E-state index is 13.8. The topological polar surface area (TPSA) is 72.7 Å². The maximum Gasteiger partial charge on any atom is 0.303 e. The van der Waals surface area contributed by atoms with E-state index >= 15 is 0 Å². The molecule has 0 spiro atoms. The molecule has 0 unspecified atom stereocenters. The van der Waals surface area contributed by atoms with Gasteiger partial charge in [-0.15, -0.1) is 0 Å². The molecule has 6 heteroatoms. The summed E-state index contributed by atoms with van der Waals surface area (Å²) in [5.74, 6) is -1.45. The first-order valence-electron chi connectivity index (χ1n) is 6.17. The monoisotopic (exact) mass is 299 g/mol. The Morgan fingerprint density at radius 2 is 2.15 bits per heavy atom. The molecular weight excluding hydrogens is 281 g/mol. The first-order chi connectivity index (χ1) is 9.21. The van der Waals surface area contributed by atoms with Crippen molar-refractivity contribution in [2.45, 2.75) is 38.4 Å². The van der Waals surface area contributed by atoms with Gasteiger partial charge in [-0.2, -0.15) is 0 Å². The van der Waals surface area contributed by atoms with Crippen LogP contribution in [0.1, 0.15) is 38.3 Å².